The Balaban J connectivity index is 1.24. The van der Waals surface area contributed by atoms with Gasteiger partial charge in [-0.05, 0) is 83.7 Å². The summed E-state index contributed by atoms with van der Waals surface area (Å²) in [5.74, 6) is 0.0783. The first-order valence-corrected chi connectivity index (χ1v) is 16.3. The Morgan fingerprint density at radius 2 is 1.52 bits per heavy atom. The van der Waals surface area contributed by atoms with Gasteiger partial charge in [-0.1, -0.05) is 89.8 Å². The fourth-order valence-electron chi connectivity index (χ4n) is 5.84. The SMILES string of the molecule is CCCCCCCOc1ccc(C2CCN(c3ccc(CC(NC(=O)c4ccc(C(C)(C)C)cc4)C(=O)O)cc3)CC2)cc1. The average molecular weight is 599 g/mol. The molecule has 1 aliphatic heterocycles. The minimum atomic E-state index is -1.04. The second-order valence-electron chi connectivity index (χ2n) is 13.2. The molecule has 0 aromatic heterocycles. The molecule has 6 heteroatoms. The fourth-order valence-corrected chi connectivity index (χ4v) is 5.84. The summed E-state index contributed by atoms with van der Waals surface area (Å²) in [5.41, 5.74) is 4.96. The molecule has 1 atom stereocenters. The molecule has 0 spiro atoms. The normalized spacial score (nSPS) is 14.7. The van der Waals surface area contributed by atoms with Crippen molar-refractivity contribution >= 4 is 17.6 Å². The number of rotatable bonds is 14. The van der Waals surface area contributed by atoms with E-state index in [-0.39, 0.29) is 17.7 Å². The molecule has 0 radical (unpaired) electrons. The first kappa shape index (κ1) is 33.1. The first-order chi connectivity index (χ1) is 21.1. The Labute approximate surface area is 263 Å². The zero-order valence-electron chi connectivity index (χ0n) is 27.0. The molecular weight excluding hydrogens is 548 g/mol. The van der Waals surface area contributed by atoms with E-state index in [1.54, 1.807) is 12.1 Å². The van der Waals surface area contributed by atoms with Crippen molar-refractivity contribution in [1.82, 2.24) is 5.32 Å². The third-order valence-electron chi connectivity index (χ3n) is 8.72. The molecule has 3 aromatic rings. The number of amides is 1. The lowest BCUT2D eigenvalue weighted by Crippen LogP contribution is -2.42. The molecule has 1 heterocycles. The second kappa shape index (κ2) is 15.8. The quantitative estimate of drug-likeness (QED) is 0.183. The summed E-state index contributed by atoms with van der Waals surface area (Å²) in [6, 6.07) is 23.1. The predicted octanol–water partition coefficient (Wildman–Crippen LogP) is 8.14. The van der Waals surface area contributed by atoms with Crippen molar-refractivity contribution in [2.75, 3.05) is 24.6 Å². The van der Waals surface area contributed by atoms with Gasteiger partial charge in [-0.2, -0.15) is 0 Å². The van der Waals surface area contributed by atoms with E-state index in [0.29, 0.717) is 11.5 Å². The van der Waals surface area contributed by atoms with Gasteiger partial charge >= 0.3 is 5.97 Å². The van der Waals surface area contributed by atoms with Crippen LogP contribution in [0, 0.1) is 0 Å². The number of carboxylic acids is 1. The predicted molar refractivity (Wildman–Crippen MR) is 179 cm³/mol. The molecule has 6 nitrogen and oxygen atoms in total. The summed E-state index contributed by atoms with van der Waals surface area (Å²) in [6.07, 6.45) is 8.61. The average Bonchev–Trinajstić information content (AvgIpc) is 3.03. The number of ether oxygens (including phenoxy) is 1. The number of carbonyl (C=O) groups is 2. The molecule has 0 aliphatic carbocycles. The van der Waals surface area contributed by atoms with E-state index in [0.717, 1.165) is 61.5 Å². The molecule has 1 unspecified atom stereocenters. The van der Waals surface area contributed by atoms with Crippen molar-refractivity contribution in [3.05, 3.63) is 95.1 Å². The van der Waals surface area contributed by atoms with E-state index in [4.69, 9.17) is 4.74 Å². The fraction of sp³-hybridized carbons (Fsp3) is 0.474. The topological polar surface area (TPSA) is 78.9 Å². The standard InChI is InChI=1S/C38H50N2O4/c1-5-6-7-8-9-26-44-34-20-14-29(15-21-34)30-22-24-40(25-23-30)33-18-10-28(11-19-33)27-35(37(42)43)39-36(41)31-12-16-32(17-13-31)38(2,3)4/h10-21,30,35H,5-9,22-27H2,1-4H3,(H,39,41)(H,42,43). The Morgan fingerprint density at radius 3 is 2.11 bits per heavy atom. The highest BCUT2D eigenvalue weighted by molar-refractivity contribution is 5.96. The molecule has 1 amide bonds. The maximum atomic E-state index is 12.8. The summed E-state index contributed by atoms with van der Waals surface area (Å²) >= 11 is 0. The van der Waals surface area contributed by atoms with Crippen molar-refractivity contribution in [1.29, 1.82) is 0 Å². The number of nitrogens with zero attached hydrogens (tertiary/aromatic N) is 1. The van der Waals surface area contributed by atoms with Crippen molar-refractivity contribution in [3.63, 3.8) is 0 Å². The zero-order valence-corrected chi connectivity index (χ0v) is 27.0. The number of anilines is 1. The van der Waals surface area contributed by atoms with Crippen molar-refractivity contribution in [2.24, 2.45) is 0 Å². The van der Waals surface area contributed by atoms with E-state index in [2.05, 4.69) is 74.3 Å². The molecular formula is C38H50N2O4. The maximum absolute atomic E-state index is 12.8. The van der Waals surface area contributed by atoms with E-state index in [9.17, 15) is 14.7 Å². The minimum Gasteiger partial charge on any atom is -0.494 e. The monoisotopic (exact) mass is 598 g/mol. The van der Waals surface area contributed by atoms with Crippen LogP contribution in [0.2, 0.25) is 0 Å². The molecule has 4 rings (SSSR count). The number of aliphatic carboxylic acids is 1. The summed E-state index contributed by atoms with van der Waals surface area (Å²) in [4.78, 5) is 27.2. The van der Waals surface area contributed by atoms with E-state index in [1.807, 2.05) is 24.3 Å². The van der Waals surface area contributed by atoms with Gasteiger partial charge in [0, 0.05) is 30.8 Å². The molecule has 236 valence electrons. The number of unbranched alkanes of at least 4 members (excludes halogenated alkanes) is 4. The van der Waals surface area contributed by atoms with Gasteiger partial charge in [0.1, 0.15) is 11.8 Å². The van der Waals surface area contributed by atoms with Crippen LogP contribution in [-0.2, 0) is 16.6 Å². The van der Waals surface area contributed by atoms with Crippen molar-refractivity contribution in [2.45, 2.75) is 96.4 Å². The smallest absolute Gasteiger partial charge is 0.326 e. The highest BCUT2D eigenvalue weighted by atomic mass is 16.5. The van der Waals surface area contributed by atoms with Gasteiger partial charge in [-0.15, -0.1) is 0 Å². The van der Waals surface area contributed by atoms with Gasteiger partial charge in [-0.25, -0.2) is 4.79 Å². The number of carboxylic acid groups (broad SMARTS) is 1. The lowest BCUT2D eigenvalue weighted by Gasteiger charge is -2.34. The van der Waals surface area contributed by atoms with Gasteiger partial charge < -0.3 is 20.1 Å². The first-order valence-electron chi connectivity index (χ1n) is 16.3. The number of hydrogen-bond acceptors (Lipinski definition) is 4. The van der Waals surface area contributed by atoms with Gasteiger partial charge in [0.05, 0.1) is 6.61 Å². The van der Waals surface area contributed by atoms with Crippen LogP contribution >= 0.6 is 0 Å². The Bertz CT molecular complexity index is 1320. The maximum Gasteiger partial charge on any atom is 0.326 e. The zero-order chi connectivity index (χ0) is 31.5. The molecule has 2 N–H and O–H groups in total. The second-order valence-corrected chi connectivity index (χ2v) is 13.2. The molecule has 0 saturated carbocycles. The third kappa shape index (κ3) is 9.60. The molecule has 1 aliphatic rings. The van der Waals surface area contributed by atoms with Crippen LogP contribution in [0.5, 0.6) is 5.75 Å². The Kier molecular flexibility index (Phi) is 11.9. The number of nitrogens with one attached hydrogen (secondary N) is 1. The number of hydrogen-bond donors (Lipinski definition) is 2. The van der Waals surface area contributed by atoms with Gasteiger partial charge in [0.2, 0.25) is 0 Å². The molecule has 0 bridgehead atoms. The van der Waals surface area contributed by atoms with Gasteiger partial charge in [0.15, 0.2) is 0 Å². The molecule has 3 aromatic carbocycles. The minimum absolute atomic E-state index is 0.0185. The highest BCUT2D eigenvalue weighted by Gasteiger charge is 2.23. The van der Waals surface area contributed by atoms with Crippen molar-refractivity contribution < 1.29 is 19.4 Å². The van der Waals surface area contributed by atoms with Crippen molar-refractivity contribution in [3.8, 4) is 5.75 Å². The third-order valence-corrected chi connectivity index (χ3v) is 8.72. The van der Waals surface area contributed by atoms with Crippen LogP contribution in [0.25, 0.3) is 0 Å². The molecule has 44 heavy (non-hydrogen) atoms. The number of piperidine rings is 1. The van der Waals surface area contributed by atoms with Gasteiger partial charge in [0.25, 0.3) is 5.91 Å². The van der Waals surface area contributed by atoms with Gasteiger partial charge in [-0.3, -0.25) is 4.79 Å². The van der Waals surface area contributed by atoms with Crippen LogP contribution < -0.4 is 15.0 Å². The van der Waals surface area contributed by atoms with Crippen LogP contribution in [0.3, 0.4) is 0 Å². The largest absolute Gasteiger partial charge is 0.494 e. The number of benzene rings is 3. The van der Waals surface area contributed by atoms with E-state index in [1.165, 1.54) is 31.2 Å². The van der Waals surface area contributed by atoms with E-state index < -0.39 is 12.0 Å². The number of carbonyl (C=O) groups excluding carboxylic acids is 1. The van der Waals surface area contributed by atoms with E-state index >= 15 is 0 Å². The summed E-state index contributed by atoms with van der Waals surface area (Å²) in [6.45, 7) is 11.3. The molecule has 1 fully saturated rings. The lowest BCUT2D eigenvalue weighted by molar-refractivity contribution is -0.139. The highest BCUT2D eigenvalue weighted by Crippen LogP contribution is 2.31. The Morgan fingerprint density at radius 1 is 0.886 bits per heavy atom. The Hall–Kier alpha value is -3.80. The van der Waals surface area contributed by atoms with Crippen LogP contribution in [0.4, 0.5) is 5.69 Å². The summed E-state index contributed by atoms with van der Waals surface area (Å²) in [7, 11) is 0. The van der Waals surface area contributed by atoms with Crippen LogP contribution in [0.1, 0.15) is 106 Å². The molecule has 1 saturated heterocycles. The summed E-state index contributed by atoms with van der Waals surface area (Å²) < 4.78 is 5.94. The van der Waals surface area contributed by atoms with Crippen LogP contribution in [-0.4, -0.2) is 42.7 Å². The van der Waals surface area contributed by atoms with Crippen LogP contribution in [0.15, 0.2) is 72.8 Å². The lowest BCUT2D eigenvalue weighted by atomic mass is 9.86. The summed E-state index contributed by atoms with van der Waals surface area (Å²) in [5, 5.41) is 12.5.